The summed E-state index contributed by atoms with van der Waals surface area (Å²) >= 11 is 6.83. The molecule has 3 aromatic rings. The number of aromatic nitrogens is 2. The van der Waals surface area contributed by atoms with E-state index in [2.05, 4.69) is 4.98 Å². The molecule has 1 heterocycles. The van der Waals surface area contributed by atoms with E-state index in [-0.39, 0.29) is 62.1 Å². The second-order valence-corrected chi connectivity index (χ2v) is 7.74. The summed E-state index contributed by atoms with van der Waals surface area (Å²) in [5, 5.41) is 12.0. The Hall–Kier alpha value is -0.414. The van der Waals surface area contributed by atoms with Crippen LogP contribution in [-0.4, -0.2) is 20.3 Å². The molecule has 4 nitrogen and oxygen atoms in total. The average molecular weight is 403 g/mol. The summed E-state index contributed by atoms with van der Waals surface area (Å²) in [4.78, 5) is 15.8. The number of thioether (sulfide) groups is 1. The standard InChI is InChI=1S/C17H14ClFN2O2S.K/c1-17(2,15(22)23)24-16-20-12-5-3-4-6-14(12)21(16)13-8-7-10(18)9-11(13)19;/h3-9H,1-2H3,(H,22,23);/q;+1/p-1. The number of hydrogen-bond donors (Lipinski definition) is 0. The fraction of sp³-hybridized carbons (Fsp3) is 0.176. The van der Waals surface area contributed by atoms with Crippen LogP contribution < -0.4 is 56.5 Å². The predicted molar refractivity (Wildman–Crippen MR) is 91.0 cm³/mol. The van der Waals surface area contributed by atoms with Gasteiger partial charge >= 0.3 is 51.4 Å². The molecule has 2 aromatic carbocycles. The fourth-order valence-electron chi connectivity index (χ4n) is 2.24. The van der Waals surface area contributed by atoms with Crippen molar-refractivity contribution in [2.75, 3.05) is 0 Å². The normalized spacial score (nSPS) is 11.4. The molecule has 0 unspecified atom stereocenters. The summed E-state index contributed by atoms with van der Waals surface area (Å²) in [7, 11) is 0. The minimum absolute atomic E-state index is 0. The molecule has 0 spiro atoms. The molecule has 0 aliphatic carbocycles. The van der Waals surface area contributed by atoms with Crippen LogP contribution in [0.25, 0.3) is 16.7 Å². The molecule has 0 atom stereocenters. The Kier molecular flexibility index (Phi) is 6.75. The first-order valence-corrected chi connectivity index (χ1v) is 8.32. The monoisotopic (exact) mass is 402 g/mol. The van der Waals surface area contributed by atoms with E-state index in [1.165, 1.54) is 19.9 Å². The number of benzene rings is 2. The van der Waals surface area contributed by atoms with E-state index < -0.39 is 16.5 Å². The van der Waals surface area contributed by atoms with Crippen molar-refractivity contribution >= 4 is 40.4 Å². The molecule has 0 amide bonds. The van der Waals surface area contributed by atoms with E-state index in [1.807, 2.05) is 12.1 Å². The third kappa shape index (κ3) is 4.29. The number of fused-ring (bicyclic) bond motifs is 1. The number of aliphatic carboxylic acids is 1. The van der Waals surface area contributed by atoms with Gasteiger partial charge < -0.3 is 9.90 Å². The van der Waals surface area contributed by atoms with Crippen molar-refractivity contribution in [1.29, 1.82) is 0 Å². The first-order chi connectivity index (χ1) is 11.3. The van der Waals surface area contributed by atoms with Crippen LogP contribution in [0.3, 0.4) is 0 Å². The Morgan fingerprint density at radius 2 is 1.96 bits per heavy atom. The van der Waals surface area contributed by atoms with E-state index >= 15 is 0 Å². The number of hydrogen-bond acceptors (Lipinski definition) is 4. The second-order valence-electron chi connectivity index (χ2n) is 5.71. The average Bonchev–Trinajstić information content (AvgIpc) is 2.84. The molecule has 3 rings (SSSR count). The van der Waals surface area contributed by atoms with Crippen molar-refractivity contribution in [1.82, 2.24) is 9.55 Å². The van der Waals surface area contributed by atoms with Crippen LogP contribution in [0.4, 0.5) is 4.39 Å². The maximum atomic E-state index is 14.4. The molecule has 0 saturated carbocycles. The quantitative estimate of drug-likeness (QED) is 0.469. The van der Waals surface area contributed by atoms with Gasteiger partial charge in [-0.3, -0.25) is 4.57 Å². The Balaban J connectivity index is 0.00000225. The Labute approximate surface area is 196 Å². The van der Waals surface area contributed by atoms with Crippen LogP contribution in [0.5, 0.6) is 0 Å². The maximum absolute atomic E-state index is 14.4. The van der Waals surface area contributed by atoms with Gasteiger partial charge in [0.25, 0.3) is 0 Å². The SMILES string of the molecule is CC(C)(Sc1nc2ccccc2n1-c1ccc(Cl)cc1F)C(=O)[O-].[K+]. The minimum Gasteiger partial charge on any atom is -0.549 e. The summed E-state index contributed by atoms with van der Waals surface area (Å²) in [5.41, 5.74) is 1.57. The Morgan fingerprint density at radius 3 is 2.60 bits per heavy atom. The van der Waals surface area contributed by atoms with E-state index in [4.69, 9.17) is 11.6 Å². The molecule has 0 radical (unpaired) electrons. The van der Waals surface area contributed by atoms with Crippen molar-refractivity contribution in [3.63, 3.8) is 0 Å². The fourth-order valence-corrected chi connectivity index (χ4v) is 3.37. The van der Waals surface area contributed by atoms with Crippen LogP contribution in [-0.2, 0) is 4.79 Å². The summed E-state index contributed by atoms with van der Waals surface area (Å²) in [5.74, 6) is -1.73. The Bertz CT molecular complexity index is 946. The number of carbonyl (C=O) groups excluding carboxylic acids is 1. The zero-order valence-corrected chi connectivity index (χ0v) is 18.6. The van der Waals surface area contributed by atoms with Crippen molar-refractivity contribution in [3.05, 3.63) is 53.3 Å². The van der Waals surface area contributed by atoms with Gasteiger partial charge in [-0.2, -0.15) is 0 Å². The molecule has 0 aliphatic rings. The molecule has 1 aromatic heterocycles. The summed E-state index contributed by atoms with van der Waals surface area (Å²) in [6.07, 6.45) is 0. The number of carboxylic acid groups (broad SMARTS) is 1. The van der Waals surface area contributed by atoms with Crippen LogP contribution in [0, 0.1) is 5.82 Å². The number of carbonyl (C=O) groups is 1. The molecule has 0 saturated heterocycles. The van der Waals surface area contributed by atoms with Crippen LogP contribution >= 0.6 is 23.4 Å². The smallest absolute Gasteiger partial charge is 0.549 e. The molecule has 124 valence electrons. The number of halogens is 2. The third-order valence-corrected chi connectivity index (χ3v) is 4.89. The van der Waals surface area contributed by atoms with Gasteiger partial charge in [0.1, 0.15) is 5.82 Å². The van der Waals surface area contributed by atoms with Crippen LogP contribution in [0.2, 0.25) is 5.02 Å². The molecule has 0 N–H and O–H groups in total. The number of carboxylic acids is 1. The van der Waals surface area contributed by atoms with Gasteiger partial charge in [0.05, 0.1) is 27.4 Å². The van der Waals surface area contributed by atoms with Gasteiger partial charge in [0.2, 0.25) is 0 Å². The van der Waals surface area contributed by atoms with Gasteiger partial charge in [-0.25, -0.2) is 9.37 Å². The van der Waals surface area contributed by atoms with Crippen molar-refractivity contribution in [2.45, 2.75) is 23.8 Å². The molecule has 0 bridgehead atoms. The van der Waals surface area contributed by atoms with Gasteiger partial charge in [-0.05, 0) is 44.2 Å². The van der Waals surface area contributed by atoms with E-state index in [1.54, 1.807) is 28.8 Å². The zero-order chi connectivity index (χ0) is 17.5. The number of nitrogens with zero attached hydrogens (tertiary/aromatic N) is 2. The predicted octanol–water partition coefficient (Wildman–Crippen LogP) is 0.443. The number of rotatable bonds is 4. The number of para-hydroxylation sites is 2. The minimum atomic E-state index is -1.22. The maximum Gasteiger partial charge on any atom is 1.00 e. The summed E-state index contributed by atoms with van der Waals surface area (Å²) in [6, 6.07) is 11.5. The zero-order valence-electron chi connectivity index (χ0n) is 13.9. The van der Waals surface area contributed by atoms with Gasteiger partial charge in [0, 0.05) is 5.02 Å². The summed E-state index contributed by atoms with van der Waals surface area (Å²) in [6.45, 7) is 3.05. The van der Waals surface area contributed by atoms with E-state index in [0.29, 0.717) is 16.2 Å². The molecule has 0 aliphatic heterocycles. The Morgan fingerprint density at radius 1 is 1.28 bits per heavy atom. The third-order valence-electron chi connectivity index (χ3n) is 3.52. The molecule has 25 heavy (non-hydrogen) atoms. The molecule has 8 heteroatoms. The molecular formula is C17H13ClFKN2O2S. The van der Waals surface area contributed by atoms with Gasteiger partial charge in [-0.1, -0.05) is 35.5 Å². The van der Waals surface area contributed by atoms with Crippen molar-refractivity contribution < 1.29 is 65.7 Å². The van der Waals surface area contributed by atoms with Gasteiger partial charge in [0.15, 0.2) is 5.16 Å². The first-order valence-electron chi connectivity index (χ1n) is 7.13. The summed E-state index contributed by atoms with van der Waals surface area (Å²) < 4.78 is 14.8. The topological polar surface area (TPSA) is 58.0 Å². The van der Waals surface area contributed by atoms with Gasteiger partial charge in [-0.15, -0.1) is 0 Å². The van der Waals surface area contributed by atoms with Crippen LogP contribution in [0.1, 0.15) is 13.8 Å². The molecule has 0 fully saturated rings. The largest absolute Gasteiger partial charge is 1.00 e. The van der Waals surface area contributed by atoms with Crippen molar-refractivity contribution in [3.8, 4) is 5.69 Å². The second kappa shape index (κ2) is 8.08. The number of imidazole rings is 1. The first kappa shape index (κ1) is 20.9. The van der Waals surface area contributed by atoms with E-state index in [9.17, 15) is 14.3 Å². The van der Waals surface area contributed by atoms with E-state index in [0.717, 1.165) is 11.8 Å². The van der Waals surface area contributed by atoms with Crippen LogP contribution in [0.15, 0.2) is 47.6 Å². The van der Waals surface area contributed by atoms with Crippen molar-refractivity contribution in [2.24, 2.45) is 0 Å². The molecular weight excluding hydrogens is 390 g/mol.